The van der Waals surface area contributed by atoms with Gasteiger partial charge < -0.3 is 4.74 Å². The van der Waals surface area contributed by atoms with Gasteiger partial charge in [-0.05, 0) is 31.0 Å². The standard InChI is InChI=1S/C13H15F3O/c1-4-9(2)17-12-7-5-6-11(8-12)10(3)13(14,15)16/h5-9H,3-4H2,1-2H3. The van der Waals surface area contributed by atoms with Crippen molar-refractivity contribution in [1.82, 2.24) is 0 Å². The molecule has 0 saturated heterocycles. The average Bonchev–Trinajstić information content (AvgIpc) is 2.27. The molecular weight excluding hydrogens is 229 g/mol. The summed E-state index contributed by atoms with van der Waals surface area (Å²) >= 11 is 0. The van der Waals surface area contributed by atoms with Crippen LogP contribution in [0.25, 0.3) is 5.57 Å². The third kappa shape index (κ3) is 3.80. The zero-order chi connectivity index (χ0) is 13.1. The summed E-state index contributed by atoms with van der Waals surface area (Å²) < 4.78 is 42.8. The van der Waals surface area contributed by atoms with Gasteiger partial charge in [-0.3, -0.25) is 0 Å². The van der Waals surface area contributed by atoms with Crippen LogP contribution >= 0.6 is 0 Å². The molecule has 1 aromatic rings. The highest BCUT2D eigenvalue weighted by Crippen LogP contribution is 2.33. The van der Waals surface area contributed by atoms with Crippen molar-refractivity contribution < 1.29 is 17.9 Å². The summed E-state index contributed by atoms with van der Waals surface area (Å²) in [5, 5.41) is 0. The Morgan fingerprint density at radius 3 is 2.59 bits per heavy atom. The normalized spacial score (nSPS) is 13.2. The molecule has 1 unspecified atom stereocenters. The molecule has 4 heteroatoms. The quantitative estimate of drug-likeness (QED) is 0.760. The van der Waals surface area contributed by atoms with Gasteiger partial charge in [0, 0.05) is 0 Å². The van der Waals surface area contributed by atoms with Crippen LogP contribution in [0.4, 0.5) is 13.2 Å². The van der Waals surface area contributed by atoms with Crippen LogP contribution in [-0.2, 0) is 0 Å². The molecule has 1 atom stereocenters. The topological polar surface area (TPSA) is 9.23 Å². The second-order valence-electron chi connectivity index (χ2n) is 3.84. The number of halogens is 3. The minimum atomic E-state index is -4.41. The van der Waals surface area contributed by atoms with Gasteiger partial charge in [-0.1, -0.05) is 25.6 Å². The van der Waals surface area contributed by atoms with Crippen molar-refractivity contribution in [3.05, 3.63) is 36.4 Å². The van der Waals surface area contributed by atoms with Crippen molar-refractivity contribution in [2.45, 2.75) is 32.5 Å². The van der Waals surface area contributed by atoms with E-state index in [4.69, 9.17) is 4.74 Å². The summed E-state index contributed by atoms with van der Waals surface area (Å²) in [7, 11) is 0. The predicted molar refractivity (Wildman–Crippen MR) is 61.9 cm³/mol. The van der Waals surface area contributed by atoms with E-state index >= 15 is 0 Å². The average molecular weight is 244 g/mol. The third-order valence-electron chi connectivity index (χ3n) is 2.44. The fourth-order valence-corrected chi connectivity index (χ4v) is 1.24. The van der Waals surface area contributed by atoms with Crippen LogP contribution in [-0.4, -0.2) is 12.3 Å². The maximum atomic E-state index is 12.5. The Morgan fingerprint density at radius 2 is 2.06 bits per heavy atom. The molecule has 0 N–H and O–H groups in total. The number of hydrogen-bond donors (Lipinski definition) is 0. The minimum Gasteiger partial charge on any atom is -0.491 e. The van der Waals surface area contributed by atoms with Crippen LogP contribution in [0.5, 0.6) is 5.75 Å². The molecule has 0 saturated carbocycles. The molecule has 0 bridgehead atoms. The van der Waals surface area contributed by atoms with E-state index in [1.54, 1.807) is 6.07 Å². The van der Waals surface area contributed by atoms with Gasteiger partial charge in [-0.15, -0.1) is 0 Å². The van der Waals surface area contributed by atoms with Crippen LogP contribution in [0.15, 0.2) is 30.8 Å². The zero-order valence-corrected chi connectivity index (χ0v) is 9.84. The number of benzene rings is 1. The molecule has 0 heterocycles. The maximum absolute atomic E-state index is 12.5. The highest BCUT2D eigenvalue weighted by molar-refractivity contribution is 5.68. The van der Waals surface area contributed by atoms with Gasteiger partial charge in [-0.25, -0.2) is 0 Å². The second-order valence-corrected chi connectivity index (χ2v) is 3.84. The minimum absolute atomic E-state index is 0.0237. The number of ether oxygens (including phenoxy) is 1. The van der Waals surface area contributed by atoms with E-state index in [1.165, 1.54) is 18.2 Å². The number of rotatable bonds is 4. The first kappa shape index (κ1) is 13.6. The summed E-state index contributed by atoms with van der Waals surface area (Å²) in [6.45, 7) is 6.87. The fourth-order valence-electron chi connectivity index (χ4n) is 1.24. The van der Waals surface area contributed by atoms with E-state index in [1.807, 2.05) is 13.8 Å². The SMILES string of the molecule is C=C(c1cccc(OC(C)CC)c1)C(F)(F)F. The zero-order valence-electron chi connectivity index (χ0n) is 9.84. The highest BCUT2D eigenvalue weighted by Gasteiger charge is 2.32. The molecule has 0 fully saturated rings. The van der Waals surface area contributed by atoms with Crippen molar-refractivity contribution >= 4 is 5.57 Å². The Hall–Kier alpha value is -1.45. The van der Waals surface area contributed by atoms with Gasteiger partial charge >= 0.3 is 6.18 Å². The summed E-state index contributed by atoms with van der Waals surface area (Å²) in [5.41, 5.74) is -0.814. The summed E-state index contributed by atoms with van der Waals surface area (Å²) in [6.07, 6.45) is -3.64. The highest BCUT2D eigenvalue weighted by atomic mass is 19.4. The van der Waals surface area contributed by atoms with Gasteiger partial charge in [0.2, 0.25) is 0 Å². The lowest BCUT2D eigenvalue weighted by Gasteiger charge is -2.15. The smallest absolute Gasteiger partial charge is 0.416 e. The van der Waals surface area contributed by atoms with Crippen molar-refractivity contribution in [3.63, 3.8) is 0 Å². The molecule has 1 rings (SSSR count). The molecule has 0 amide bonds. The summed E-state index contributed by atoms with van der Waals surface area (Å²) in [6, 6.07) is 5.91. The summed E-state index contributed by atoms with van der Waals surface area (Å²) in [4.78, 5) is 0. The van der Waals surface area contributed by atoms with Crippen molar-refractivity contribution in [3.8, 4) is 5.75 Å². The lowest BCUT2D eigenvalue weighted by molar-refractivity contribution is -0.0686. The maximum Gasteiger partial charge on any atom is 0.416 e. The van der Waals surface area contributed by atoms with Crippen LogP contribution in [0, 0.1) is 0 Å². The summed E-state index contributed by atoms with van der Waals surface area (Å²) in [5.74, 6) is 0.433. The largest absolute Gasteiger partial charge is 0.491 e. The molecular formula is C13H15F3O. The molecule has 1 nitrogen and oxygen atoms in total. The van der Waals surface area contributed by atoms with E-state index in [0.29, 0.717) is 5.75 Å². The van der Waals surface area contributed by atoms with Crippen LogP contribution in [0.3, 0.4) is 0 Å². The second kappa shape index (κ2) is 5.25. The van der Waals surface area contributed by atoms with Gasteiger partial charge in [0.1, 0.15) is 5.75 Å². The van der Waals surface area contributed by atoms with Crippen LogP contribution < -0.4 is 4.74 Å². The monoisotopic (exact) mass is 244 g/mol. The van der Waals surface area contributed by atoms with E-state index in [-0.39, 0.29) is 11.7 Å². The first-order valence-corrected chi connectivity index (χ1v) is 5.37. The van der Waals surface area contributed by atoms with Crippen LogP contribution in [0.1, 0.15) is 25.8 Å². The van der Waals surface area contributed by atoms with Crippen LogP contribution in [0.2, 0.25) is 0 Å². The Morgan fingerprint density at radius 1 is 1.41 bits per heavy atom. The number of allylic oxidation sites excluding steroid dienone is 1. The van der Waals surface area contributed by atoms with E-state index in [2.05, 4.69) is 6.58 Å². The Labute approximate surface area is 98.9 Å². The lowest BCUT2D eigenvalue weighted by atomic mass is 10.1. The molecule has 0 spiro atoms. The van der Waals surface area contributed by atoms with E-state index < -0.39 is 11.7 Å². The Kier molecular flexibility index (Phi) is 4.21. The fraction of sp³-hybridized carbons (Fsp3) is 0.385. The lowest BCUT2D eigenvalue weighted by Crippen LogP contribution is -2.11. The molecule has 1 aromatic carbocycles. The Balaban J connectivity index is 2.90. The first-order valence-electron chi connectivity index (χ1n) is 5.37. The van der Waals surface area contributed by atoms with E-state index in [9.17, 15) is 13.2 Å². The third-order valence-corrected chi connectivity index (χ3v) is 2.44. The van der Waals surface area contributed by atoms with E-state index in [0.717, 1.165) is 6.42 Å². The molecule has 0 aliphatic heterocycles. The Bertz CT molecular complexity index is 396. The van der Waals surface area contributed by atoms with Crippen molar-refractivity contribution in [1.29, 1.82) is 0 Å². The molecule has 17 heavy (non-hydrogen) atoms. The number of alkyl halides is 3. The molecule has 0 aliphatic rings. The molecule has 0 aliphatic carbocycles. The van der Waals surface area contributed by atoms with Crippen molar-refractivity contribution in [2.24, 2.45) is 0 Å². The predicted octanol–water partition coefficient (Wildman–Crippen LogP) is 4.44. The van der Waals surface area contributed by atoms with Gasteiger partial charge in [0.15, 0.2) is 0 Å². The molecule has 0 aromatic heterocycles. The molecule has 94 valence electrons. The van der Waals surface area contributed by atoms with Gasteiger partial charge in [0.05, 0.1) is 11.7 Å². The first-order chi connectivity index (χ1) is 7.84. The number of hydrogen-bond acceptors (Lipinski definition) is 1. The van der Waals surface area contributed by atoms with Crippen molar-refractivity contribution in [2.75, 3.05) is 0 Å². The van der Waals surface area contributed by atoms with Gasteiger partial charge in [-0.2, -0.15) is 13.2 Å². The molecule has 0 radical (unpaired) electrons. The van der Waals surface area contributed by atoms with Gasteiger partial charge in [0.25, 0.3) is 0 Å².